The van der Waals surface area contributed by atoms with Crippen molar-refractivity contribution in [1.29, 1.82) is 0 Å². The summed E-state index contributed by atoms with van der Waals surface area (Å²) >= 11 is 0. The van der Waals surface area contributed by atoms with Crippen LogP contribution in [0.5, 0.6) is 0 Å². The number of nitrogens with one attached hydrogen (secondary N) is 1. The van der Waals surface area contributed by atoms with E-state index in [1.54, 1.807) is 22.8 Å². The molecule has 1 aromatic rings. The molecule has 0 atom stereocenters. The van der Waals surface area contributed by atoms with Crippen molar-refractivity contribution in [1.82, 2.24) is 20.0 Å². The van der Waals surface area contributed by atoms with Gasteiger partial charge in [-0.3, -0.25) is 14.5 Å². The van der Waals surface area contributed by atoms with Crippen molar-refractivity contribution in [2.45, 2.75) is 37.7 Å². The third-order valence-electron chi connectivity index (χ3n) is 5.09. The van der Waals surface area contributed by atoms with Gasteiger partial charge in [-0.05, 0) is 12.8 Å². The lowest BCUT2D eigenvalue weighted by Crippen LogP contribution is -2.57. The normalized spacial score (nSPS) is 21.6. The highest BCUT2D eigenvalue weighted by atomic mass is 16.3. The van der Waals surface area contributed by atoms with Crippen LogP contribution in [0, 0.1) is 0 Å². The van der Waals surface area contributed by atoms with Gasteiger partial charge in [0.05, 0.1) is 17.5 Å². The molecule has 8 nitrogen and oxygen atoms in total. The van der Waals surface area contributed by atoms with Gasteiger partial charge in [0.1, 0.15) is 6.54 Å². The highest BCUT2D eigenvalue weighted by Gasteiger charge is 2.31. The third kappa shape index (κ3) is 4.12. The van der Waals surface area contributed by atoms with Gasteiger partial charge in [-0.1, -0.05) is 19.3 Å². The first-order chi connectivity index (χ1) is 12.0. The Morgan fingerprint density at radius 2 is 2.12 bits per heavy atom. The van der Waals surface area contributed by atoms with Crippen molar-refractivity contribution >= 4 is 17.6 Å². The fourth-order valence-electron chi connectivity index (χ4n) is 3.64. The molecule has 1 amide bonds. The van der Waals surface area contributed by atoms with E-state index in [0.717, 1.165) is 31.4 Å². The fourth-order valence-corrected chi connectivity index (χ4v) is 3.64. The van der Waals surface area contributed by atoms with E-state index in [0.29, 0.717) is 25.6 Å². The highest BCUT2D eigenvalue weighted by molar-refractivity contribution is 5.98. The number of hydrogen-bond acceptors (Lipinski definition) is 4. The molecule has 0 bridgehead atoms. The van der Waals surface area contributed by atoms with Crippen LogP contribution >= 0.6 is 0 Å². The Labute approximate surface area is 148 Å². The molecule has 1 saturated heterocycles. The zero-order valence-corrected chi connectivity index (χ0v) is 15.1. The number of anilines is 1. The molecule has 0 spiro atoms. The zero-order valence-electron chi connectivity index (χ0n) is 15.1. The van der Waals surface area contributed by atoms with Crippen LogP contribution in [0.2, 0.25) is 0 Å². The molecule has 3 rings (SSSR count). The van der Waals surface area contributed by atoms with E-state index in [4.69, 9.17) is 0 Å². The van der Waals surface area contributed by atoms with Crippen LogP contribution in [0.25, 0.3) is 0 Å². The summed E-state index contributed by atoms with van der Waals surface area (Å²) in [5.41, 5.74) is 0.169. The molecule has 138 valence electrons. The summed E-state index contributed by atoms with van der Waals surface area (Å²) in [6, 6.07) is 0. The van der Waals surface area contributed by atoms with Crippen molar-refractivity contribution < 1.29 is 9.90 Å². The van der Waals surface area contributed by atoms with Crippen LogP contribution < -0.4 is 10.2 Å². The minimum Gasteiger partial charge on any atom is -0.388 e. The number of carbonyl (C=O) groups excluding carboxylic acids is 1. The van der Waals surface area contributed by atoms with Gasteiger partial charge >= 0.3 is 0 Å². The van der Waals surface area contributed by atoms with Crippen LogP contribution in [-0.4, -0.2) is 70.5 Å². The third-order valence-corrected chi connectivity index (χ3v) is 5.09. The van der Waals surface area contributed by atoms with Crippen LogP contribution in [0.3, 0.4) is 0 Å². The molecule has 1 aliphatic carbocycles. The summed E-state index contributed by atoms with van der Waals surface area (Å²) in [4.78, 5) is 20.5. The average Bonchev–Trinajstić information content (AvgIpc) is 3.02. The highest BCUT2D eigenvalue weighted by Crippen LogP contribution is 2.27. The van der Waals surface area contributed by atoms with Gasteiger partial charge in [0.2, 0.25) is 5.91 Å². The van der Waals surface area contributed by atoms with Gasteiger partial charge in [-0.2, -0.15) is 5.10 Å². The average molecular weight is 348 g/mol. The standard InChI is InChI=1S/C17H28N6O2/c1-18-16(19-13-17(25)6-4-3-5-7-17)22-8-9-23(15(24)12-22)14-10-20-21(2)11-14/h10-11,25H,3-9,12-13H2,1-2H3,(H,18,19). The number of guanidine groups is 1. The minimum absolute atomic E-state index is 0.0265. The summed E-state index contributed by atoms with van der Waals surface area (Å²) in [5.74, 6) is 0.705. The van der Waals surface area contributed by atoms with Crippen molar-refractivity contribution in [2.75, 3.05) is 38.1 Å². The van der Waals surface area contributed by atoms with E-state index in [1.807, 2.05) is 18.1 Å². The van der Waals surface area contributed by atoms with Crippen molar-refractivity contribution in [2.24, 2.45) is 12.0 Å². The molecule has 8 heteroatoms. The van der Waals surface area contributed by atoms with Crippen LogP contribution in [0.4, 0.5) is 5.69 Å². The molecular weight excluding hydrogens is 320 g/mol. The summed E-state index contributed by atoms with van der Waals surface area (Å²) < 4.78 is 1.69. The van der Waals surface area contributed by atoms with E-state index in [9.17, 15) is 9.90 Å². The lowest BCUT2D eigenvalue weighted by molar-refractivity contribution is -0.120. The van der Waals surface area contributed by atoms with Gasteiger partial charge in [-0.15, -0.1) is 0 Å². The summed E-state index contributed by atoms with van der Waals surface area (Å²) in [7, 11) is 3.55. The molecule has 25 heavy (non-hydrogen) atoms. The molecular formula is C17H28N6O2. The molecule has 2 N–H and O–H groups in total. The number of hydrogen-bond donors (Lipinski definition) is 2. The Bertz CT molecular complexity index is 635. The van der Waals surface area contributed by atoms with Gasteiger partial charge in [0.25, 0.3) is 0 Å². The van der Waals surface area contributed by atoms with Gasteiger partial charge in [0, 0.05) is 39.9 Å². The molecule has 0 aromatic carbocycles. The molecule has 2 fully saturated rings. The number of aromatic nitrogens is 2. The topological polar surface area (TPSA) is 86.0 Å². The SMILES string of the molecule is CN=C(NCC1(O)CCCCC1)N1CCN(c2cnn(C)c2)C(=O)C1. The summed E-state index contributed by atoms with van der Waals surface area (Å²) in [5, 5.41) is 18.0. The monoisotopic (exact) mass is 348 g/mol. The number of carbonyl (C=O) groups is 1. The summed E-state index contributed by atoms with van der Waals surface area (Å²) in [6.07, 6.45) is 8.54. The number of amides is 1. The number of nitrogens with zero attached hydrogens (tertiary/aromatic N) is 5. The van der Waals surface area contributed by atoms with Crippen LogP contribution in [0.15, 0.2) is 17.4 Å². The predicted octanol–water partition coefficient (Wildman–Crippen LogP) is 0.339. The molecule has 0 radical (unpaired) electrons. The second kappa shape index (κ2) is 7.43. The maximum Gasteiger partial charge on any atom is 0.246 e. The first-order valence-corrected chi connectivity index (χ1v) is 8.98. The Balaban J connectivity index is 1.57. The maximum absolute atomic E-state index is 12.5. The lowest BCUT2D eigenvalue weighted by atomic mass is 9.85. The molecule has 1 aromatic heterocycles. The largest absolute Gasteiger partial charge is 0.388 e. The van der Waals surface area contributed by atoms with Crippen molar-refractivity contribution in [3.8, 4) is 0 Å². The number of aliphatic imine (C=N–C) groups is 1. The van der Waals surface area contributed by atoms with Crippen LogP contribution in [0.1, 0.15) is 32.1 Å². The van der Waals surface area contributed by atoms with Crippen LogP contribution in [-0.2, 0) is 11.8 Å². The Morgan fingerprint density at radius 1 is 1.36 bits per heavy atom. The predicted molar refractivity (Wildman–Crippen MR) is 96.5 cm³/mol. The molecule has 2 heterocycles. The Kier molecular flexibility index (Phi) is 5.27. The van der Waals surface area contributed by atoms with E-state index >= 15 is 0 Å². The Morgan fingerprint density at radius 3 is 2.72 bits per heavy atom. The molecule has 2 aliphatic rings. The van der Waals surface area contributed by atoms with E-state index < -0.39 is 5.60 Å². The molecule has 0 unspecified atom stereocenters. The summed E-state index contributed by atoms with van der Waals surface area (Å²) in [6.45, 7) is 2.04. The van der Waals surface area contributed by atoms with Gasteiger partial charge in [-0.25, -0.2) is 0 Å². The molecule has 1 aliphatic heterocycles. The lowest BCUT2D eigenvalue weighted by Gasteiger charge is -2.37. The molecule has 1 saturated carbocycles. The van der Waals surface area contributed by atoms with E-state index in [2.05, 4.69) is 15.4 Å². The van der Waals surface area contributed by atoms with E-state index in [1.165, 1.54) is 6.42 Å². The number of aryl methyl sites for hydroxylation is 1. The van der Waals surface area contributed by atoms with Gasteiger partial charge in [0.15, 0.2) is 5.96 Å². The van der Waals surface area contributed by atoms with E-state index in [-0.39, 0.29) is 12.5 Å². The first-order valence-electron chi connectivity index (χ1n) is 8.98. The number of piperazine rings is 1. The van der Waals surface area contributed by atoms with Crippen molar-refractivity contribution in [3.63, 3.8) is 0 Å². The maximum atomic E-state index is 12.5. The quantitative estimate of drug-likeness (QED) is 0.608. The minimum atomic E-state index is -0.657. The first kappa shape index (κ1) is 17.7. The fraction of sp³-hybridized carbons (Fsp3) is 0.706. The smallest absolute Gasteiger partial charge is 0.246 e. The zero-order chi connectivity index (χ0) is 17.9. The number of aliphatic hydroxyl groups is 1. The Hall–Kier alpha value is -2.09. The second-order valence-electron chi connectivity index (χ2n) is 7.02. The second-order valence-corrected chi connectivity index (χ2v) is 7.02. The van der Waals surface area contributed by atoms with Crippen molar-refractivity contribution in [3.05, 3.63) is 12.4 Å². The van der Waals surface area contributed by atoms with Gasteiger partial charge < -0.3 is 20.2 Å². The number of rotatable bonds is 3.